The van der Waals surface area contributed by atoms with Gasteiger partial charge in [-0.1, -0.05) is 20.8 Å². The molecule has 1 N–H and O–H groups in total. The van der Waals surface area contributed by atoms with Crippen LogP contribution in [0.3, 0.4) is 0 Å². The largest absolute Gasteiger partial charge is 0.417 e. The normalized spacial score (nSPS) is 15.6. The lowest BCUT2D eigenvalue weighted by atomic mass is 9.96. The maximum Gasteiger partial charge on any atom is 0.417 e. The van der Waals surface area contributed by atoms with Gasteiger partial charge in [0.15, 0.2) is 0 Å². The number of pyridine rings is 1. The van der Waals surface area contributed by atoms with Crippen molar-refractivity contribution in [2.24, 2.45) is 5.41 Å². The maximum absolute atomic E-state index is 12.6. The van der Waals surface area contributed by atoms with E-state index in [0.29, 0.717) is 32.0 Å². The Morgan fingerprint density at radius 2 is 1.74 bits per heavy atom. The van der Waals surface area contributed by atoms with E-state index in [1.54, 1.807) is 25.7 Å². The van der Waals surface area contributed by atoms with E-state index in [1.807, 2.05) is 4.90 Å². The van der Waals surface area contributed by atoms with Gasteiger partial charge in [0.05, 0.1) is 5.56 Å². The number of piperazine rings is 1. The van der Waals surface area contributed by atoms with Crippen molar-refractivity contribution in [3.05, 3.63) is 23.9 Å². The van der Waals surface area contributed by atoms with Crippen molar-refractivity contribution in [1.29, 1.82) is 0 Å². The van der Waals surface area contributed by atoms with Crippen molar-refractivity contribution in [2.45, 2.75) is 33.4 Å². The Morgan fingerprint density at radius 3 is 2.22 bits per heavy atom. The van der Waals surface area contributed by atoms with Crippen LogP contribution in [-0.4, -0.2) is 54.4 Å². The van der Waals surface area contributed by atoms with Crippen LogP contribution in [0.4, 0.5) is 19.0 Å². The zero-order chi connectivity index (χ0) is 20.2. The fourth-order valence-electron chi connectivity index (χ4n) is 2.63. The van der Waals surface area contributed by atoms with E-state index < -0.39 is 17.2 Å². The predicted molar refractivity (Wildman–Crippen MR) is 95.1 cm³/mol. The molecule has 1 saturated heterocycles. The molecule has 9 heteroatoms. The molecule has 0 unspecified atom stereocenters. The van der Waals surface area contributed by atoms with Gasteiger partial charge in [0, 0.05) is 50.8 Å². The summed E-state index contributed by atoms with van der Waals surface area (Å²) in [4.78, 5) is 31.5. The highest BCUT2D eigenvalue weighted by atomic mass is 19.4. The summed E-state index contributed by atoms with van der Waals surface area (Å²) in [6, 6.07) is 2.36. The molecule has 2 amide bonds. The van der Waals surface area contributed by atoms with Gasteiger partial charge in [-0.05, 0) is 12.1 Å². The Hall–Kier alpha value is -2.32. The fourth-order valence-corrected chi connectivity index (χ4v) is 2.63. The molecule has 1 aliphatic heterocycles. The number of halogens is 3. The van der Waals surface area contributed by atoms with Crippen molar-refractivity contribution in [3.8, 4) is 0 Å². The number of aromatic nitrogens is 1. The molecule has 0 radical (unpaired) electrons. The van der Waals surface area contributed by atoms with Crippen molar-refractivity contribution >= 4 is 17.6 Å². The van der Waals surface area contributed by atoms with E-state index in [2.05, 4.69) is 10.3 Å². The molecule has 1 aliphatic rings. The second-order valence-corrected chi connectivity index (χ2v) is 7.53. The maximum atomic E-state index is 12.6. The number of carbonyl (C=O) groups is 2. The van der Waals surface area contributed by atoms with E-state index in [-0.39, 0.29) is 24.8 Å². The van der Waals surface area contributed by atoms with Gasteiger partial charge in [-0.3, -0.25) is 9.59 Å². The Bertz CT molecular complexity index is 661. The van der Waals surface area contributed by atoms with Crippen molar-refractivity contribution < 1.29 is 22.8 Å². The molecule has 1 aromatic heterocycles. The monoisotopic (exact) mass is 386 g/mol. The predicted octanol–water partition coefficient (Wildman–Crippen LogP) is 2.30. The molecule has 6 nitrogen and oxygen atoms in total. The highest BCUT2D eigenvalue weighted by Crippen LogP contribution is 2.29. The van der Waals surface area contributed by atoms with Gasteiger partial charge in [-0.25, -0.2) is 4.98 Å². The van der Waals surface area contributed by atoms with Crippen LogP contribution in [0.2, 0.25) is 0 Å². The summed E-state index contributed by atoms with van der Waals surface area (Å²) >= 11 is 0. The van der Waals surface area contributed by atoms with E-state index >= 15 is 0 Å². The lowest BCUT2D eigenvalue weighted by molar-refractivity contribution is -0.138. The number of nitrogens with zero attached hydrogens (tertiary/aromatic N) is 3. The van der Waals surface area contributed by atoms with Crippen molar-refractivity contribution in [2.75, 3.05) is 37.6 Å². The van der Waals surface area contributed by atoms with Crippen molar-refractivity contribution in [1.82, 2.24) is 15.2 Å². The van der Waals surface area contributed by atoms with Gasteiger partial charge < -0.3 is 15.1 Å². The molecule has 150 valence electrons. The Kier molecular flexibility index (Phi) is 6.33. The van der Waals surface area contributed by atoms with Crippen LogP contribution in [0, 0.1) is 5.41 Å². The molecule has 0 spiro atoms. The van der Waals surface area contributed by atoms with Crippen LogP contribution in [0.15, 0.2) is 18.3 Å². The molecule has 2 rings (SSSR count). The Balaban J connectivity index is 1.79. The zero-order valence-electron chi connectivity index (χ0n) is 15.8. The van der Waals surface area contributed by atoms with Crippen molar-refractivity contribution in [3.63, 3.8) is 0 Å². The first kappa shape index (κ1) is 21.0. The standard InChI is InChI=1S/C18H25F3N4O2/c1-17(2,3)16(27)22-7-6-15(26)25-10-8-24(9-11-25)14-5-4-13(12-23-14)18(19,20)21/h4-5,12H,6-11H2,1-3H3,(H,22,27). The first-order valence-corrected chi connectivity index (χ1v) is 8.83. The third-order valence-electron chi connectivity index (χ3n) is 4.34. The Morgan fingerprint density at radius 1 is 1.11 bits per heavy atom. The zero-order valence-corrected chi connectivity index (χ0v) is 15.8. The van der Waals surface area contributed by atoms with Gasteiger partial charge in [-0.2, -0.15) is 13.2 Å². The molecule has 0 bridgehead atoms. The van der Waals surface area contributed by atoms with Gasteiger partial charge in [0.1, 0.15) is 5.82 Å². The molecule has 0 saturated carbocycles. The molecule has 27 heavy (non-hydrogen) atoms. The summed E-state index contributed by atoms with van der Waals surface area (Å²) in [6.07, 6.45) is -3.36. The second-order valence-electron chi connectivity index (χ2n) is 7.53. The molecule has 0 aliphatic carbocycles. The summed E-state index contributed by atoms with van der Waals surface area (Å²) in [7, 11) is 0. The third kappa shape index (κ3) is 5.83. The highest BCUT2D eigenvalue weighted by Gasteiger charge is 2.31. The van der Waals surface area contributed by atoms with Crippen LogP contribution in [0.25, 0.3) is 0 Å². The summed E-state index contributed by atoms with van der Waals surface area (Å²) < 4.78 is 37.8. The topological polar surface area (TPSA) is 65.5 Å². The number of alkyl halides is 3. The average molecular weight is 386 g/mol. The van der Waals surface area contributed by atoms with E-state index in [1.165, 1.54) is 6.07 Å². The number of amides is 2. The molecular weight excluding hydrogens is 361 g/mol. The average Bonchev–Trinajstić information content (AvgIpc) is 2.60. The number of hydrogen-bond acceptors (Lipinski definition) is 4. The third-order valence-corrected chi connectivity index (χ3v) is 4.34. The smallest absolute Gasteiger partial charge is 0.355 e. The minimum Gasteiger partial charge on any atom is -0.355 e. The molecule has 1 aromatic rings. The van der Waals surface area contributed by atoms with E-state index in [4.69, 9.17) is 0 Å². The quantitative estimate of drug-likeness (QED) is 0.863. The molecule has 2 heterocycles. The van der Waals surface area contributed by atoms with Crippen LogP contribution in [-0.2, 0) is 15.8 Å². The number of nitrogens with one attached hydrogen (secondary N) is 1. The molecule has 0 aromatic carbocycles. The van der Waals surface area contributed by atoms with Gasteiger partial charge in [0.25, 0.3) is 0 Å². The number of hydrogen-bond donors (Lipinski definition) is 1. The fraction of sp³-hybridized carbons (Fsp3) is 0.611. The summed E-state index contributed by atoms with van der Waals surface area (Å²) in [5, 5.41) is 2.75. The first-order chi connectivity index (χ1) is 12.5. The van der Waals surface area contributed by atoms with Crippen LogP contribution in [0.5, 0.6) is 0 Å². The molecule has 1 fully saturated rings. The number of rotatable bonds is 4. The van der Waals surface area contributed by atoms with Crippen LogP contribution in [0.1, 0.15) is 32.8 Å². The Labute approximate surface area is 156 Å². The summed E-state index contributed by atoms with van der Waals surface area (Å²) in [5.74, 6) is 0.310. The minimum atomic E-state index is -4.40. The summed E-state index contributed by atoms with van der Waals surface area (Å²) in [5.41, 5.74) is -1.28. The molecule has 0 atom stereocenters. The molecular formula is C18H25F3N4O2. The lowest BCUT2D eigenvalue weighted by Gasteiger charge is -2.35. The SMILES string of the molecule is CC(C)(C)C(=O)NCCC(=O)N1CCN(c2ccc(C(F)(F)F)cn2)CC1. The van der Waals surface area contributed by atoms with Crippen LogP contribution < -0.4 is 10.2 Å². The minimum absolute atomic E-state index is 0.0516. The van der Waals surface area contributed by atoms with E-state index in [9.17, 15) is 22.8 Å². The summed E-state index contributed by atoms with van der Waals surface area (Å²) in [6.45, 7) is 7.63. The lowest BCUT2D eigenvalue weighted by Crippen LogP contribution is -2.49. The number of carbonyl (C=O) groups excluding carboxylic acids is 2. The number of anilines is 1. The van der Waals surface area contributed by atoms with Gasteiger partial charge >= 0.3 is 6.18 Å². The highest BCUT2D eigenvalue weighted by molar-refractivity contribution is 5.82. The first-order valence-electron chi connectivity index (χ1n) is 8.83. The van der Waals surface area contributed by atoms with Gasteiger partial charge in [-0.15, -0.1) is 0 Å². The van der Waals surface area contributed by atoms with Crippen LogP contribution >= 0.6 is 0 Å². The van der Waals surface area contributed by atoms with E-state index in [0.717, 1.165) is 12.3 Å². The van der Waals surface area contributed by atoms with Gasteiger partial charge in [0.2, 0.25) is 11.8 Å². The second kappa shape index (κ2) is 8.14.